The lowest BCUT2D eigenvalue weighted by molar-refractivity contribution is -0.128. The summed E-state index contributed by atoms with van der Waals surface area (Å²) in [6.45, 7) is 2.96. The van der Waals surface area contributed by atoms with Gasteiger partial charge in [-0.25, -0.2) is 0 Å². The van der Waals surface area contributed by atoms with Crippen LogP contribution in [0, 0.1) is 5.41 Å². The molecule has 5 nitrogen and oxygen atoms in total. The van der Waals surface area contributed by atoms with Crippen molar-refractivity contribution >= 4 is 23.1 Å². The normalized spacial score (nSPS) is 18.2. The highest BCUT2D eigenvalue weighted by molar-refractivity contribution is 7.80. The minimum atomic E-state index is -0.628. The summed E-state index contributed by atoms with van der Waals surface area (Å²) in [5.74, 6) is 0.0111. The summed E-state index contributed by atoms with van der Waals surface area (Å²) < 4.78 is 5.03. The van der Waals surface area contributed by atoms with E-state index >= 15 is 0 Å². The fraction of sp³-hybridized carbons (Fsp3) is 0.867. The van der Waals surface area contributed by atoms with Crippen LogP contribution in [0.2, 0.25) is 0 Å². The molecule has 0 atom stereocenters. The predicted octanol–water partition coefficient (Wildman–Crippen LogP) is 1.31. The Labute approximate surface area is 133 Å². The van der Waals surface area contributed by atoms with E-state index in [-0.39, 0.29) is 5.91 Å². The zero-order valence-corrected chi connectivity index (χ0v) is 14.1. The summed E-state index contributed by atoms with van der Waals surface area (Å²) in [5.41, 5.74) is 5.29. The van der Waals surface area contributed by atoms with E-state index in [2.05, 4.69) is 10.2 Å². The first-order valence-corrected chi connectivity index (χ1v) is 8.19. The van der Waals surface area contributed by atoms with Crippen LogP contribution in [0.1, 0.15) is 38.5 Å². The van der Waals surface area contributed by atoms with Crippen LogP contribution in [-0.2, 0) is 9.53 Å². The van der Waals surface area contributed by atoms with Crippen LogP contribution in [0.5, 0.6) is 0 Å². The number of nitrogens with zero attached hydrogens (tertiary/aromatic N) is 1. The van der Waals surface area contributed by atoms with Crippen molar-refractivity contribution in [2.24, 2.45) is 11.1 Å². The zero-order chi connectivity index (χ0) is 15.7. The maximum Gasteiger partial charge on any atom is 0.233 e. The molecule has 1 saturated carbocycles. The van der Waals surface area contributed by atoms with Gasteiger partial charge in [-0.2, -0.15) is 0 Å². The number of methoxy groups -OCH3 is 1. The number of hydrogen-bond acceptors (Lipinski definition) is 4. The molecule has 0 aromatic rings. The summed E-state index contributed by atoms with van der Waals surface area (Å²) in [4.78, 5) is 15.1. The van der Waals surface area contributed by atoms with E-state index in [1.165, 1.54) is 0 Å². The molecule has 122 valence electrons. The van der Waals surface area contributed by atoms with Gasteiger partial charge in [-0.15, -0.1) is 0 Å². The van der Waals surface area contributed by atoms with E-state index in [9.17, 15) is 4.79 Å². The van der Waals surface area contributed by atoms with Gasteiger partial charge in [0.15, 0.2) is 0 Å². The Kier molecular flexibility index (Phi) is 8.14. The molecule has 1 amide bonds. The van der Waals surface area contributed by atoms with Crippen molar-refractivity contribution in [1.82, 2.24) is 10.2 Å². The quantitative estimate of drug-likeness (QED) is 0.522. The van der Waals surface area contributed by atoms with Gasteiger partial charge in [0.1, 0.15) is 0 Å². The fourth-order valence-corrected chi connectivity index (χ4v) is 3.10. The van der Waals surface area contributed by atoms with Gasteiger partial charge >= 0.3 is 0 Å². The molecule has 0 aromatic carbocycles. The first kappa shape index (κ1) is 18.3. The van der Waals surface area contributed by atoms with Crippen LogP contribution in [0.4, 0.5) is 0 Å². The number of carbonyl (C=O) groups excluding carboxylic acids is 1. The molecule has 0 aliphatic heterocycles. The van der Waals surface area contributed by atoms with Crippen LogP contribution in [0.25, 0.3) is 0 Å². The number of ether oxygens (including phenoxy) is 1. The Bertz CT molecular complexity index is 342. The number of thiocarbonyl (C=S) groups is 1. The maximum atomic E-state index is 12.6. The van der Waals surface area contributed by atoms with Crippen LogP contribution in [0.3, 0.4) is 0 Å². The molecule has 6 heteroatoms. The van der Waals surface area contributed by atoms with Gasteiger partial charge in [0.25, 0.3) is 0 Å². The molecular formula is C15H29N3O2S. The number of nitrogens with two attached hydrogens (primary N) is 1. The average molecular weight is 315 g/mol. The molecule has 0 radical (unpaired) electrons. The summed E-state index contributed by atoms with van der Waals surface area (Å²) in [7, 11) is 3.70. The van der Waals surface area contributed by atoms with Crippen molar-refractivity contribution < 1.29 is 9.53 Å². The second-order valence-corrected chi connectivity index (χ2v) is 6.35. The molecule has 0 aromatic heterocycles. The highest BCUT2D eigenvalue weighted by atomic mass is 32.1. The largest absolute Gasteiger partial charge is 0.392 e. The molecule has 1 aliphatic carbocycles. The van der Waals surface area contributed by atoms with Gasteiger partial charge in [-0.1, -0.05) is 37.9 Å². The third kappa shape index (κ3) is 5.52. The lowest BCUT2D eigenvalue weighted by Gasteiger charge is -2.30. The first-order valence-electron chi connectivity index (χ1n) is 7.78. The van der Waals surface area contributed by atoms with Crippen molar-refractivity contribution in [3.8, 4) is 0 Å². The molecule has 1 rings (SSSR count). The lowest BCUT2D eigenvalue weighted by Crippen LogP contribution is -2.50. The minimum absolute atomic E-state index is 0.0111. The SMILES string of the molecule is COCCN(C)CCNC(=O)C1(C(N)=S)CCCCCC1. The van der Waals surface area contributed by atoms with Crippen molar-refractivity contribution in [1.29, 1.82) is 0 Å². The van der Waals surface area contributed by atoms with Crippen molar-refractivity contribution in [2.75, 3.05) is 40.4 Å². The summed E-state index contributed by atoms with van der Waals surface area (Å²) >= 11 is 5.21. The molecule has 1 fully saturated rings. The van der Waals surface area contributed by atoms with E-state index in [0.717, 1.165) is 51.6 Å². The molecule has 0 saturated heterocycles. The molecule has 0 unspecified atom stereocenters. The van der Waals surface area contributed by atoms with Crippen molar-refractivity contribution in [3.63, 3.8) is 0 Å². The van der Waals surface area contributed by atoms with E-state index in [4.69, 9.17) is 22.7 Å². The smallest absolute Gasteiger partial charge is 0.233 e. The highest BCUT2D eigenvalue weighted by Crippen LogP contribution is 2.35. The number of carbonyl (C=O) groups is 1. The standard InChI is InChI=1S/C15H29N3O2S/c1-18(11-12-20-2)10-9-17-14(19)15(13(16)21)7-5-3-4-6-8-15/h3-12H2,1-2H3,(H2,16,21)(H,17,19). The molecule has 0 bridgehead atoms. The Hall–Kier alpha value is -0.720. The van der Waals surface area contributed by atoms with Crippen LogP contribution in [0.15, 0.2) is 0 Å². The molecule has 3 N–H and O–H groups in total. The number of amides is 1. The second kappa shape index (κ2) is 9.33. The third-order valence-electron chi connectivity index (χ3n) is 4.32. The van der Waals surface area contributed by atoms with Crippen LogP contribution < -0.4 is 11.1 Å². The fourth-order valence-electron chi connectivity index (χ4n) is 2.81. The average Bonchev–Trinajstić information content (AvgIpc) is 2.71. The number of rotatable bonds is 8. The van der Waals surface area contributed by atoms with E-state index in [1.54, 1.807) is 7.11 Å². The Morgan fingerprint density at radius 3 is 2.43 bits per heavy atom. The lowest BCUT2D eigenvalue weighted by atomic mass is 9.79. The Balaban J connectivity index is 2.48. The predicted molar refractivity (Wildman–Crippen MR) is 89.3 cm³/mol. The van der Waals surface area contributed by atoms with Gasteiger partial charge in [0.05, 0.1) is 17.0 Å². The van der Waals surface area contributed by atoms with Crippen molar-refractivity contribution in [2.45, 2.75) is 38.5 Å². The topological polar surface area (TPSA) is 67.6 Å². The second-order valence-electron chi connectivity index (χ2n) is 5.91. The third-order valence-corrected chi connectivity index (χ3v) is 4.71. The van der Waals surface area contributed by atoms with Crippen molar-refractivity contribution in [3.05, 3.63) is 0 Å². The number of nitrogens with one attached hydrogen (secondary N) is 1. The first-order chi connectivity index (χ1) is 10.0. The van der Waals surface area contributed by atoms with E-state index in [0.29, 0.717) is 18.1 Å². The maximum absolute atomic E-state index is 12.6. The summed E-state index contributed by atoms with van der Waals surface area (Å²) in [5, 5.41) is 3.02. The monoisotopic (exact) mass is 315 g/mol. The minimum Gasteiger partial charge on any atom is -0.392 e. The van der Waals surface area contributed by atoms with Gasteiger partial charge in [0, 0.05) is 26.7 Å². The van der Waals surface area contributed by atoms with E-state index in [1.807, 2.05) is 7.05 Å². The van der Waals surface area contributed by atoms with Gasteiger partial charge in [0.2, 0.25) is 5.91 Å². The van der Waals surface area contributed by atoms with Crippen LogP contribution in [-0.4, -0.2) is 56.2 Å². The Morgan fingerprint density at radius 2 is 1.90 bits per heavy atom. The number of hydrogen-bond donors (Lipinski definition) is 2. The van der Waals surface area contributed by atoms with Crippen LogP contribution >= 0.6 is 12.2 Å². The van der Waals surface area contributed by atoms with E-state index < -0.39 is 5.41 Å². The zero-order valence-electron chi connectivity index (χ0n) is 13.3. The Morgan fingerprint density at radius 1 is 1.29 bits per heavy atom. The van der Waals surface area contributed by atoms with Gasteiger partial charge in [-0.3, -0.25) is 4.79 Å². The van der Waals surface area contributed by atoms with Gasteiger partial charge in [-0.05, 0) is 19.9 Å². The number of likely N-dealkylation sites (N-methyl/N-ethyl adjacent to an activating group) is 1. The highest BCUT2D eigenvalue weighted by Gasteiger charge is 2.41. The summed E-state index contributed by atoms with van der Waals surface area (Å²) in [6, 6.07) is 0. The molecule has 0 heterocycles. The molecular weight excluding hydrogens is 286 g/mol. The molecule has 21 heavy (non-hydrogen) atoms. The van der Waals surface area contributed by atoms with Gasteiger partial charge < -0.3 is 20.7 Å². The molecule has 1 aliphatic rings. The molecule has 0 spiro atoms. The summed E-state index contributed by atoms with van der Waals surface area (Å²) in [6.07, 6.45) is 5.95.